The van der Waals surface area contributed by atoms with Gasteiger partial charge in [0.1, 0.15) is 23.6 Å². The average Bonchev–Trinajstić information content (AvgIpc) is 2.86. The van der Waals surface area contributed by atoms with E-state index in [4.69, 9.17) is 14.2 Å². The van der Waals surface area contributed by atoms with Gasteiger partial charge in [-0.05, 0) is 31.3 Å². The van der Waals surface area contributed by atoms with Crippen LogP contribution >= 0.6 is 0 Å². The molecule has 174 valence electrons. The van der Waals surface area contributed by atoms with Crippen LogP contribution < -0.4 is 19.7 Å². The van der Waals surface area contributed by atoms with Crippen molar-refractivity contribution in [1.29, 1.82) is 0 Å². The lowest BCUT2D eigenvalue weighted by atomic mass is 10.1. The van der Waals surface area contributed by atoms with Gasteiger partial charge < -0.3 is 29.3 Å². The van der Waals surface area contributed by atoms with E-state index < -0.39 is 5.97 Å². The lowest BCUT2D eigenvalue weighted by Gasteiger charge is -2.34. The molecule has 0 atom stereocenters. The lowest BCUT2D eigenvalue weighted by molar-refractivity contribution is 0.0603. The zero-order valence-electron chi connectivity index (χ0n) is 19.4. The fraction of sp³-hybridized carbons (Fsp3) is 0.375. The highest BCUT2D eigenvalue weighted by Crippen LogP contribution is 2.31. The molecule has 1 saturated heterocycles. The normalized spacial score (nSPS) is 14.2. The predicted octanol–water partition coefficient (Wildman–Crippen LogP) is 2.80. The molecule has 1 aromatic heterocycles. The summed E-state index contributed by atoms with van der Waals surface area (Å²) in [5.74, 6) is 1.66. The zero-order valence-corrected chi connectivity index (χ0v) is 19.4. The Morgan fingerprint density at radius 1 is 1.03 bits per heavy atom. The first-order valence-corrected chi connectivity index (χ1v) is 10.8. The Hall–Kier alpha value is -3.59. The number of carbonyl (C=O) groups excluding carboxylic acids is 1. The SMILES string of the molecule is COC(=O)c1cc(N2CCN(C)CC2)cc2c(NCc3ccc(OC)cc3OC)ncnc12. The standard InChI is InChI=1S/C24H29N5O4/c1-28-7-9-29(10-8-28)17-11-19-22(20(12-17)24(30)33-4)26-15-27-23(19)25-14-16-5-6-18(31-2)13-21(16)32-3/h5-6,11-13,15H,7-10,14H2,1-4H3,(H,25,26,27). The molecule has 0 amide bonds. The summed E-state index contributed by atoms with van der Waals surface area (Å²) < 4.78 is 15.8. The molecule has 0 saturated carbocycles. The number of rotatable bonds is 7. The van der Waals surface area contributed by atoms with Gasteiger partial charge in [0.05, 0.1) is 32.4 Å². The Morgan fingerprint density at radius 2 is 1.82 bits per heavy atom. The van der Waals surface area contributed by atoms with Gasteiger partial charge in [-0.25, -0.2) is 14.8 Å². The number of fused-ring (bicyclic) bond motifs is 1. The van der Waals surface area contributed by atoms with E-state index in [-0.39, 0.29) is 0 Å². The first-order valence-electron chi connectivity index (χ1n) is 10.8. The summed E-state index contributed by atoms with van der Waals surface area (Å²) in [6.45, 7) is 4.15. The molecule has 0 unspecified atom stereocenters. The van der Waals surface area contributed by atoms with Gasteiger partial charge in [0, 0.05) is 55.4 Å². The van der Waals surface area contributed by atoms with Crippen molar-refractivity contribution in [1.82, 2.24) is 14.9 Å². The maximum Gasteiger partial charge on any atom is 0.340 e. The van der Waals surface area contributed by atoms with E-state index >= 15 is 0 Å². The molecule has 9 heteroatoms. The smallest absolute Gasteiger partial charge is 0.340 e. The molecule has 4 rings (SSSR count). The van der Waals surface area contributed by atoms with E-state index in [1.54, 1.807) is 14.2 Å². The number of nitrogens with zero attached hydrogens (tertiary/aromatic N) is 4. The molecular formula is C24H29N5O4. The van der Waals surface area contributed by atoms with Gasteiger partial charge in [-0.2, -0.15) is 0 Å². The van der Waals surface area contributed by atoms with Crippen LogP contribution in [0.3, 0.4) is 0 Å². The van der Waals surface area contributed by atoms with Gasteiger partial charge in [0.15, 0.2) is 0 Å². The molecule has 1 aliphatic rings. The van der Waals surface area contributed by atoms with E-state index in [1.807, 2.05) is 30.3 Å². The maximum absolute atomic E-state index is 12.6. The number of esters is 1. The molecule has 1 aliphatic heterocycles. The van der Waals surface area contributed by atoms with Crippen LogP contribution in [-0.2, 0) is 11.3 Å². The van der Waals surface area contributed by atoms with Gasteiger partial charge in [0.2, 0.25) is 0 Å². The second kappa shape index (κ2) is 9.91. The van der Waals surface area contributed by atoms with Gasteiger partial charge in [-0.1, -0.05) is 0 Å². The van der Waals surface area contributed by atoms with E-state index in [2.05, 4.69) is 32.1 Å². The van der Waals surface area contributed by atoms with Crippen LogP contribution in [-0.4, -0.2) is 75.4 Å². The zero-order chi connectivity index (χ0) is 23.4. The number of benzene rings is 2. The summed E-state index contributed by atoms with van der Waals surface area (Å²) in [5.41, 5.74) is 2.89. The molecule has 1 fully saturated rings. The topological polar surface area (TPSA) is 89.1 Å². The highest BCUT2D eigenvalue weighted by atomic mass is 16.5. The van der Waals surface area contributed by atoms with Crippen molar-refractivity contribution in [2.75, 3.05) is 64.8 Å². The summed E-state index contributed by atoms with van der Waals surface area (Å²) in [6.07, 6.45) is 1.46. The number of likely N-dealkylation sites (N-methyl/N-ethyl adjacent to an activating group) is 1. The largest absolute Gasteiger partial charge is 0.497 e. The van der Waals surface area contributed by atoms with E-state index in [0.29, 0.717) is 29.2 Å². The Balaban J connectivity index is 1.71. The van der Waals surface area contributed by atoms with E-state index in [1.165, 1.54) is 13.4 Å². The highest BCUT2D eigenvalue weighted by Gasteiger charge is 2.21. The minimum atomic E-state index is -0.419. The van der Waals surface area contributed by atoms with Crippen LogP contribution in [0.2, 0.25) is 0 Å². The molecule has 1 N–H and O–H groups in total. The lowest BCUT2D eigenvalue weighted by Crippen LogP contribution is -2.44. The Morgan fingerprint density at radius 3 is 2.52 bits per heavy atom. The minimum absolute atomic E-state index is 0.419. The first kappa shape index (κ1) is 22.6. The number of nitrogens with one attached hydrogen (secondary N) is 1. The van der Waals surface area contributed by atoms with Crippen LogP contribution in [0.25, 0.3) is 10.9 Å². The average molecular weight is 452 g/mol. The molecular weight excluding hydrogens is 422 g/mol. The molecule has 0 spiro atoms. The summed E-state index contributed by atoms with van der Waals surface area (Å²) in [4.78, 5) is 26.0. The Kier molecular flexibility index (Phi) is 6.79. The summed E-state index contributed by atoms with van der Waals surface area (Å²) in [7, 11) is 6.74. The summed E-state index contributed by atoms with van der Waals surface area (Å²) in [6, 6.07) is 9.58. The van der Waals surface area contributed by atoms with Gasteiger partial charge >= 0.3 is 5.97 Å². The number of piperazine rings is 1. The van der Waals surface area contributed by atoms with Crippen LogP contribution in [0.4, 0.5) is 11.5 Å². The van der Waals surface area contributed by atoms with E-state index in [0.717, 1.165) is 48.6 Å². The van der Waals surface area contributed by atoms with Gasteiger partial charge in [-0.15, -0.1) is 0 Å². The fourth-order valence-electron chi connectivity index (χ4n) is 3.98. The van der Waals surface area contributed by atoms with Gasteiger partial charge in [0.25, 0.3) is 0 Å². The number of carbonyl (C=O) groups is 1. The van der Waals surface area contributed by atoms with Crippen molar-refractivity contribution in [3.63, 3.8) is 0 Å². The molecule has 2 aromatic carbocycles. The van der Waals surface area contributed by atoms with Crippen LogP contribution in [0.5, 0.6) is 11.5 Å². The molecule has 9 nitrogen and oxygen atoms in total. The van der Waals surface area contributed by atoms with Crippen LogP contribution in [0.1, 0.15) is 15.9 Å². The summed E-state index contributed by atoms with van der Waals surface area (Å²) in [5, 5.41) is 4.15. The van der Waals surface area contributed by atoms with Crippen molar-refractivity contribution in [2.24, 2.45) is 0 Å². The second-order valence-electron chi connectivity index (χ2n) is 7.93. The van der Waals surface area contributed by atoms with Crippen molar-refractivity contribution < 1.29 is 19.0 Å². The molecule has 2 heterocycles. The Labute approximate surface area is 193 Å². The number of ether oxygens (including phenoxy) is 3. The first-order chi connectivity index (χ1) is 16.0. The molecule has 3 aromatic rings. The summed E-state index contributed by atoms with van der Waals surface area (Å²) >= 11 is 0. The van der Waals surface area contributed by atoms with Crippen molar-refractivity contribution in [2.45, 2.75) is 6.54 Å². The van der Waals surface area contributed by atoms with Crippen molar-refractivity contribution >= 4 is 28.4 Å². The van der Waals surface area contributed by atoms with Gasteiger partial charge in [-0.3, -0.25) is 0 Å². The number of hydrogen-bond acceptors (Lipinski definition) is 9. The highest BCUT2D eigenvalue weighted by molar-refractivity contribution is 6.07. The number of methoxy groups -OCH3 is 3. The van der Waals surface area contributed by atoms with Crippen molar-refractivity contribution in [3.8, 4) is 11.5 Å². The van der Waals surface area contributed by atoms with Crippen LogP contribution in [0, 0.1) is 0 Å². The third-order valence-corrected chi connectivity index (χ3v) is 5.94. The number of anilines is 2. The second-order valence-corrected chi connectivity index (χ2v) is 7.93. The monoisotopic (exact) mass is 451 g/mol. The fourth-order valence-corrected chi connectivity index (χ4v) is 3.98. The maximum atomic E-state index is 12.6. The predicted molar refractivity (Wildman–Crippen MR) is 127 cm³/mol. The number of hydrogen-bond donors (Lipinski definition) is 1. The number of aromatic nitrogens is 2. The molecule has 0 radical (unpaired) electrons. The Bertz CT molecular complexity index is 1150. The third-order valence-electron chi connectivity index (χ3n) is 5.94. The molecule has 0 bridgehead atoms. The van der Waals surface area contributed by atoms with Crippen molar-refractivity contribution in [3.05, 3.63) is 47.8 Å². The molecule has 33 heavy (non-hydrogen) atoms. The van der Waals surface area contributed by atoms with Crippen LogP contribution in [0.15, 0.2) is 36.7 Å². The minimum Gasteiger partial charge on any atom is -0.497 e. The quantitative estimate of drug-likeness (QED) is 0.545. The third kappa shape index (κ3) is 4.78. The molecule has 0 aliphatic carbocycles. The van der Waals surface area contributed by atoms with E-state index in [9.17, 15) is 4.79 Å².